The molecule has 45 heavy (non-hydrogen) atoms. The van der Waals surface area contributed by atoms with Crippen LogP contribution in [0.2, 0.25) is 0 Å². The Morgan fingerprint density at radius 1 is 1.04 bits per heavy atom. The molecule has 6 aromatic rings. The normalized spacial score (nSPS) is 14.5. The van der Waals surface area contributed by atoms with Crippen molar-refractivity contribution in [1.82, 2.24) is 30.1 Å². The molecule has 4 aromatic heterocycles. The van der Waals surface area contributed by atoms with Crippen molar-refractivity contribution >= 4 is 43.4 Å². The van der Waals surface area contributed by atoms with Gasteiger partial charge in [0.1, 0.15) is 28.2 Å². The Hall–Kier alpha value is -5.08. The molecule has 0 spiro atoms. The van der Waals surface area contributed by atoms with Crippen LogP contribution >= 0.6 is 0 Å². The quantitative estimate of drug-likeness (QED) is 0.186. The number of carbonyl (C=O) groups excluding carboxylic acids is 1. The second-order valence-corrected chi connectivity index (χ2v) is 13.3. The van der Waals surface area contributed by atoms with Gasteiger partial charge in [-0.15, -0.1) is 0 Å². The Kier molecular flexibility index (Phi) is 6.89. The first kappa shape index (κ1) is 28.7. The number of halogens is 2. The predicted octanol–water partition coefficient (Wildman–Crippen LogP) is 5.25. The van der Waals surface area contributed by atoms with E-state index in [1.165, 1.54) is 30.7 Å². The van der Waals surface area contributed by atoms with E-state index in [4.69, 9.17) is 5.73 Å². The molecule has 11 nitrogen and oxygen atoms in total. The number of sulfone groups is 1. The van der Waals surface area contributed by atoms with Crippen molar-refractivity contribution in [2.24, 2.45) is 11.7 Å². The van der Waals surface area contributed by atoms with Crippen LogP contribution in [0.3, 0.4) is 0 Å². The van der Waals surface area contributed by atoms with Gasteiger partial charge in [0.05, 0.1) is 34.0 Å². The van der Waals surface area contributed by atoms with Gasteiger partial charge in [0.15, 0.2) is 15.7 Å². The maximum absolute atomic E-state index is 16.2. The summed E-state index contributed by atoms with van der Waals surface area (Å²) in [7, 11) is -3.70. The molecule has 5 N–H and O–H groups in total. The first-order chi connectivity index (χ1) is 21.6. The van der Waals surface area contributed by atoms with Gasteiger partial charge >= 0.3 is 0 Å². The number of benzene rings is 2. The minimum Gasteiger partial charge on any atom is -0.336 e. The van der Waals surface area contributed by atoms with Crippen LogP contribution in [-0.4, -0.2) is 50.7 Å². The molecule has 14 heteroatoms. The minimum absolute atomic E-state index is 0.0113. The van der Waals surface area contributed by atoms with Crippen LogP contribution in [0.25, 0.3) is 55.8 Å². The van der Waals surface area contributed by atoms with Crippen LogP contribution in [0.15, 0.2) is 61.1 Å². The lowest BCUT2D eigenvalue weighted by molar-refractivity contribution is -0.122. The van der Waals surface area contributed by atoms with Crippen molar-refractivity contribution < 1.29 is 22.0 Å². The molecule has 1 unspecified atom stereocenters. The Morgan fingerprint density at radius 2 is 1.87 bits per heavy atom. The number of amides is 1. The number of carbonyl (C=O) groups is 1. The highest BCUT2D eigenvalue weighted by Gasteiger charge is 2.26. The molecule has 228 valence electrons. The van der Waals surface area contributed by atoms with E-state index in [0.717, 1.165) is 31.6 Å². The molecule has 4 heterocycles. The first-order valence-corrected chi connectivity index (χ1v) is 16.1. The fourth-order valence-corrected chi connectivity index (χ4v) is 6.09. The molecule has 0 saturated heterocycles. The van der Waals surface area contributed by atoms with Crippen LogP contribution in [0.4, 0.5) is 14.5 Å². The predicted molar refractivity (Wildman–Crippen MR) is 165 cm³/mol. The van der Waals surface area contributed by atoms with Gasteiger partial charge in [-0.3, -0.25) is 19.9 Å². The molecular weight excluding hydrogens is 602 g/mol. The number of imidazole rings is 1. The van der Waals surface area contributed by atoms with Crippen LogP contribution in [0.5, 0.6) is 0 Å². The Bertz CT molecular complexity index is 2240. The number of aromatic amines is 2. The standard InChI is InChI=1S/C31H26F2N8O3S/c1-45(43,44)29(34)17-9-16(10-19(32)11-17)26-27-23(7-8-36-26)38-30(39-27)28-24-22(40-41-28)6-5-21(25(24)33)18-12-20(14-35-13-18)37-31(42)15-3-2-4-15/h5-15,29H,2-4,34H2,1H3,(H,37,42)(H,38,39)(H,40,41). The third-order valence-electron chi connectivity index (χ3n) is 8.07. The summed E-state index contributed by atoms with van der Waals surface area (Å²) in [6.45, 7) is 0. The van der Waals surface area contributed by atoms with Crippen molar-refractivity contribution in [3.8, 4) is 33.9 Å². The van der Waals surface area contributed by atoms with Crippen LogP contribution in [0.1, 0.15) is 30.2 Å². The van der Waals surface area contributed by atoms with Crippen molar-refractivity contribution in [1.29, 1.82) is 0 Å². The highest BCUT2D eigenvalue weighted by molar-refractivity contribution is 7.90. The Balaban J connectivity index is 1.29. The topological polar surface area (TPSA) is 172 Å². The molecular formula is C31H26F2N8O3S. The fraction of sp³-hybridized carbons (Fsp3) is 0.194. The average Bonchev–Trinajstić information content (AvgIpc) is 3.60. The second-order valence-electron chi connectivity index (χ2n) is 11.2. The van der Waals surface area contributed by atoms with Crippen LogP contribution < -0.4 is 11.1 Å². The number of rotatable bonds is 7. The van der Waals surface area contributed by atoms with Gasteiger partial charge in [-0.2, -0.15) is 5.10 Å². The zero-order valence-electron chi connectivity index (χ0n) is 23.8. The first-order valence-electron chi connectivity index (χ1n) is 14.1. The lowest BCUT2D eigenvalue weighted by Crippen LogP contribution is -2.28. The lowest BCUT2D eigenvalue weighted by Gasteiger charge is -2.24. The smallest absolute Gasteiger partial charge is 0.227 e. The molecule has 1 amide bonds. The molecule has 0 aliphatic heterocycles. The molecule has 0 radical (unpaired) electrons. The van der Waals surface area contributed by atoms with Gasteiger partial charge in [-0.1, -0.05) is 6.42 Å². The Labute approximate surface area is 255 Å². The number of H-pyrrole nitrogens is 2. The summed E-state index contributed by atoms with van der Waals surface area (Å²) < 4.78 is 55.0. The highest BCUT2D eigenvalue weighted by atomic mass is 32.2. The maximum Gasteiger partial charge on any atom is 0.227 e. The highest BCUT2D eigenvalue weighted by Crippen LogP contribution is 2.36. The summed E-state index contributed by atoms with van der Waals surface area (Å²) in [6, 6.07) is 10.4. The van der Waals surface area contributed by atoms with Gasteiger partial charge in [0, 0.05) is 41.3 Å². The summed E-state index contributed by atoms with van der Waals surface area (Å²) in [5.41, 5.74) is 9.16. The van der Waals surface area contributed by atoms with Gasteiger partial charge in [0.2, 0.25) is 5.91 Å². The third-order valence-corrected chi connectivity index (χ3v) is 9.26. The van der Waals surface area contributed by atoms with Crippen molar-refractivity contribution in [3.63, 3.8) is 0 Å². The number of aromatic nitrogens is 6. The number of hydrogen-bond donors (Lipinski definition) is 4. The van der Waals surface area contributed by atoms with E-state index in [2.05, 4.69) is 35.5 Å². The molecule has 1 aliphatic rings. The van der Waals surface area contributed by atoms with E-state index >= 15 is 4.39 Å². The number of pyridine rings is 2. The van der Waals surface area contributed by atoms with Crippen molar-refractivity contribution in [2.45, 2.75) is 24.6 Å². The number of nitrogens with two attached hydrogens (primary N) is 1. The van der Waals surface area contributed by atoms with E-state index in [1.54, 1.807) is 24.3 Å². The van der Waals surface area contributed by atoms with Crippen molar-refractivity contribution in [3.05, 3.63) is 78.3 Å². The lowest BCUT2D eigenvalue weighted by atomic mass is 9.85. The Morgan fingerprint density at radius 3 is 2.62 bits per heavy atom. The summed E-state index contributed by atoms with van der Waals surface area (Å²) in [6.07, 6.45) is 8.25. The summed E-state index contributed by atoms with van der Waals surface area (Å²) in [5, 5.41) is 8.80. The van der Waals surface area contributed by atoms with Crippen molar-refractivity contribution in [2.75, 3.05) is 11.6 Å². The van der Waals surface area contributed by atoms with Gasteiger partial charge in [0.25, 0.3) is 0 Å². The SMILES string of the molecule is CS(=O)(=O)C(N)c1cc(F)cc(-c2nccc3[nH]c(-c4n[nH]c5ccc(-c6cncc(NC(=O)C7CCC7)c6)c(F)c45)nc23)c1. The number of nitrogens with one attached hydrogen (secondary N) is 3. The van der Waals surface area contributed by atoms with Gasteiger partial charge < -0.3 is 16.0 Å². The van der Waals surface area contributed by atoms with Gasteiger partial charge in [-0.25, -0.2) is 22.2 Å². The molecule has 1 fully saturated rings. The van der Waals surface area contributed by atoms with Crippen LogP contribution in [-0.2, 0) is 14.6 Å². The maximum atomic E-state index is 16.2. The minimum atomic E-state index is -3.70. The summed E-state index contributed by atoms with van der Waals surface area (Å²) in [4.78, 5) is 28.8. The molecule has 2 aromatic carbocycles. The molecule has 1 saturated carbocycles. The molecule has 1 aliphatic carbocycles. The third kappa shape index (κ3) is 5.21. The van der Waals surface area contributed by atoms with Crippen LogP contribution in [0, 0.1) is 17.6 Å². The number of anilines is 1. The van der Waals surface area contributed by atoms with E-state index < -0.39 is 26.8 Å². The summed E-state index contributed by atoms with van der Waals surface area (Å²) in [5.74, 6) is -1.11. The van der Waals surface area contributed by atoms with E-state index in [0.29, 0.717) is 27.8 Å². The van der Waals surface area contributed by atoms with Gasteiger partial charge in [-0.05, 0) is 60.9 Å². The van der Waals surface area contributed by atoms with E-state index in [1.807, 2.05) is 0 Å². The molecule has 1 atom stereocenters. The monoisotopic (exact) mass is 628 g/mol. The van der Waals surface area contributed by atoms with E-state index in [9.17, 15) is 17.6 Å². The fourth-order valence-electron chi connectivity index (χ4n) is 5.46. The average molecular weight is 629 g/mol. The van der Waals surface area contributed by atoms with E-state index in [-0.39, 0.29) is 51.1 Å². The summed E-state index contributed by atoms with van der Waals surface area (Å²) >= 11 is 0. The largest absolute Gasteiger partial charge is 0.336 e. The zero-order valence-corrected chi connectivity index (χ0v) is 24.6. The molecule has 0 bridgehead atoms. The zero-order chi connectivity index (χ0) is 31.5. The number of hydrogen-bond acceptors (Lipinski definition) is 8. The second kappa shape index (κ2) is 10.8. The molecule has 7 rings (SSSR count). The number of fused-ring (bicyclic) bond motifs is 2. The number of nitrogens with zero attached hydrogens (tertiary/aromatic N) is 4.